The number of carbonyl (C=O) groups is 2. The molecule has 3 aromatic carbocycles. The van der Waals surface area contributed by atoms with Gasteiger partial charge in [-0.1, -0.05) is 45.5 Å². The number of halogens is 1. The number of rotatable bonds is 3. The van der Waals surface area contributed by atoms with E-state index >= 15 is 0 Å². The summed E-state index contributed by atoms with van der Waals surface area (Å²) in [6.07, 6.45) is 0. The van der Waals surface area contributed by atoms with Crippen LogP contribution in [0, 0.1) is 13.8 Å². The lowest BCUT2D eigenvalue weighted by atomic mass is 9.95. The standard InChI is InChI=1S/C28H21BrN2O5S/c1-14-11-15(2)23-21(12-14)37-28(30-23)31-24(16-3-6-18(29)7-4-16)22(26(33)27(31)34)25(32)17-5-8-19-20(13-17)36-10-9-35-19/h3-8,11-13,24,32H,9-10H2,1-2H3. The molecule has 1 amide bonds. The molecule has 2 aliphatic rings. The number of nitrogens with zero attached hydrogens (tertiary/aromatic N) is 2. The topological polar surface area (TPSA) is 89.0 Å². The van der Waals surface area contributed by atoms with E-state index in [9.17, 15) is 14.7 Å². The van der Waals surface area contributed by atoms with Crippen LogP contribution in [-0.2, 0) is 9.59 Å². The lowest BCUT2D eigenvalue weighted by molar-refractivity contribution is -0.132. The van der Waals surface area contributed by atoms with Gasteiger partial charge in [-0.05, 0) is 66.9 Å². The summed E-state index contributed by atoms with van der Waals surface area (Å²) in [4.78, 5) is 33.1. The Morgan fingerprint density at radius 1 is 1.03 bits per heavy atom. The van der Waals surface area contributed by atoms with Crippen molar-refractivity contribution in [2.24, 2.45) is 0 Å². The molecule has 0 saturated carbocycles. The maximum atomic E-state index is 13.5. The third kappa shape index (κ3) is 3.98. The number of ether oxygens (including phenoxy) is 2. The van der Waals surface area contributed by atoms with Gasteiger partial charge in [-0.3, -0.25) is 14.5 Å². The number of aliphatic hydroxyl groups excluding tert-OH is 1. The second-order valence-electron chi connectivity index (χ2n) is 9.00. The number of aryl methyl sites for hydroxylation is 2. The van der Waals surface area contributed by atoms with E-state index in [2.05, 4.69) is 15.9 Å². The summed E-state index contributed by atoms with van der Waals surface area (Å²) in [6, 6.07) is 15.5. The van der Waals surface area contributed by atoms with Gasteiger partial charge >= 0.3 is 5.91 Å². The average molecular weight is 577 g/mol. The number of amides is 1. The van der Waals surface area contributed by atoms with Gasteiger partial charge in [0.2, 0.25) is 0 Å². The first-order valence-electron chi connectivity index (χ1n) is 11.7. The minimum atomic E-state index is -0.858. The fraction of sp³-hybridized carbons (Fsp3) is 0.179. The van der Waals surface area contributed by atoms with Crippen LogP contribution in [-0.4, -0.2) is 35.0 Å². The van der Waals surface area contributed by atoms with E-state index in [-0.39, 0.29) is 11.3 Å². The van der Waals surface area contributed by atoms with Gasteiger partial charge in [0.25, 0.3) is 5.78 Å². The molecule has 1 N–H and O–H groups in total. The zero-order chi connectivity index (χ0) is 25.8. The quantitative estimate of drug-likeness (QED) is 0.181. The Morgan fingerprint density at radius 2 is 1.76 bits per heavy atom. The molecule has 1 fully saturated rings. The third-order valence-corrected chi connectivity index (χ3v) is 8.00. The molecule has 0 aliphatic carbocycles. The highest BCUT2D eigenvalue weighted by Crippen LogP contribution is 2.45. The van der Waals surface area contributed by atoms with Crippen molar-refractivity contribution in [1.29, 1.82) is 0 Å². The predicted molar refractivity (Wildman–Crippen MR) is 145 cm³/mol. The zero-order valence-electron chi connectivity index (χ0n) is 19.9. The summed E-state index contributed by atoms with van der Waals surface area (Å²) in [6.45, 7) is 4.80. The minimum Gasteiger partial charge on any atom is -0.507 e. The van der Waals surface area contributed by atoms with Crippen LogP contribution in [0.3, 0.4) is 0 Å². The van der Waals surface area contributed by atoms with Gasteiger partial charge in [0, 0.05) is 10.0 Å². The number of benzene rings is 3. The Bertz CT molecular complexity index is 1630. The average Bonchev–Trinajstić information content (AvgIpc) is 3.42. The zero-order valence-corrected chi connectivity index (χ0v) is 22.4. The van der Waals surface area contributed by atoms with Crippen molar-refractivity contribution in [3.63, 3.8) is 0 Å². The van der Waals surface area contributed by atoms with Crippen molar-refractivity contribution < 1.29 is 24.2 Å². The third-order valence-electron chi connectivity index (χ3n) is 6.47. The van der Waals surface area contributed by atoms with Crippen molar-refractivity contribution in [3.05, 3.63) is 86.9 Å². The summed E-state index contributed by atoms with van der Waals surface area (Å²) < 4.78 is 13.0. The Balaban J connectivity index is 1.55. The van der Waals surface area contributed by atoms with Gasteiger partial charge < -0.3 is 14.6 Å². The number of carbonyl (C=O) groups excluding carboxylic acids is 2. The number of aromatic nitrogens is 1. The van der Waals surface area contributed by atoms with E-state index in [1.807, 2.05) is 50.2 Å². The van der Waals surface area contributed by atoms with Gasteiger partial charge in [-0.15, -0.1) is 0 Å². The van der Waals surface area contributed by atoms with E-state index in [0.717, 1.165) is 25.8 Å². The molecule has 1 saturated heterocycles. The molecule has 3 heterocycles. The van der Waals surface area contributed by atoms with E-state index in [1.165, 1.54) is 16.2 Å². The van der Waals surface area contributed by atoms with Crippen molar-refractivity contribution in [3.8, 4) is 11.5 Å². The second kappa shape index (κ2) is 9.00. The maximum absolute atomic E-state index is 13.5. The number of fused-ring (bicyclic) bond motifs is 2. The normalized spacial score (nSPS) is 18.6. The van der Waals surface area contributed by atoms with Crippen LogP contribution < -0.4 is 14.4 Å². The molecule has 1 unspecified atom stereocenters. The number of hydrogen-bond donors (Lipinski definition) is 1. The van der Waals surface area contributed by atoms with Crippen LogP contribution in [0.1, 0.15) is 28.3 Å². The summed E-state index contributed by atoms with van der Waals surface area (Å²) in [5.41, 5.74) is 3.90. The van der Waals surface area contributed by atoms with Crippen molar-refractivity contribution in [2.75, 3.05) is 18.1 Å². The van der Waals surface area contributed by atoms with E-state index in [0.29, 0.717) is 41.0 Å². The fourth-order valence-corrected chi connectivity index (χ4v) is 6.23. The number of aliphatic hydroxyl groups is 1. The Labute approximate surface area is 225 Å². The molecule has 0 bridgehead atoms. The smallest absolute Gasteiger partial charge is 0.301 e. The highest BCUT2D eigenvalue weighted by molar-refractivity contribution is 9.10. The van der Waals surface area contributed by atoms with Gasteiger partial charge in [0.15, 0.2) is 16.6 Å². The molecule has 1 aromatic heterocycles. The van der Waals surface area contributed by atoms with E-state index in [4.69, 9.17) is 14.5 Å². The van der Waals surface area contributed by atoms with Crippen LogP contribution >= 0.6 is 27.3 Å². The fourth-order valence-electron chi connectivity index (χ4n) is 4.80. The number of Topliss-reactive ketones (excluding diaryl/α,β-unsaturated/α-hetero) is 1. The number of ketones is 1. The molecule has 9 heteroatoms. The van der Waals surface area contributed by atoms with Crippen LogP contribution in [0.25, 0.3) is 16.0 Å². The summed E-state index contributed by atoms with van der Waals surface area (Å²) in [5.74, 6) is -0.749. The lowest BCUT2D eigenvalue weighted by Crippen LogP contribution is -2.29. The summed E-state index contributed by atoms with van der Waals surface area (Å²) in [5, 5.41) is 11.8. The molecule has 6 rings (SSSR count). The summed E-state index contributed by atoms with van der Waals surface area (Å²) >= 11 is 4.80. The van der Waals surface area contributed by atoms with Crippen LogP contribution in [0.15, 0.2) is 64.6 Å². The van der Waals surface area contributed by atoms with Crippen LogP contribution in [0.5, 0.6) is 11.5 Å². The first-order valence-corrected chi connectivity index (χ1v) is 13.3. The second-order valence-corrected chi connectivity index (χ2v) is 10.9. The lowest BCUT2D eigenvalue weighted by Gasteiger charge is -2.23. The molecule has 0 spiro atoms. The minimum absolute atomic E-state index is 0.00356. The van der Waals surface area contributed by atoms with Gasteiger partial charge in [0.05, 0.1) is 21.8 Å². The van der Waals surface area contributed by atoms with Crippen molar-refractivity contribution in [1.82, 2.24) is 4.98 Å². The monoisotopic (exact) mass is 576 g/mol. The van der Waals surface area contributed by atoms with Gasteiger partial charge in [0.1, 0.15) is 19.0 Å². The molecule has 0 radical (unpaired) electrons. The summed E-state index contributed by atoms with van der Waals surface area (Å²) in [7, 11) is 0. The largest absolute Gasteiger partial charge is 0.507 e. The number of anilines is 1. The predicted octanol–water partition coefficient (Wildman–Crippen LogP) is 6.07. The molecule has 4 aromatic rings. The first-order chi connectivity index (χ1) is 17.8. The van der Waals surface area contributed by atoms with Gasteiger partial charge in [-0.2, -0.15) is 0 Å². The highest BCUT2D eigenvalue weighted by Gasteiger charge is 2.48. The molecule has 7 nitrogen and oxygen atoms in total. The molecular weight excluding hydrogens is 556 g/mol. The van der Waals surface area contributed by atoms with Crippen LogP contribution in [0.4, 0.5) is 5.13 Å². The SMILES string of the molecule is Cc1cc(C)c2nc(N3C(=O)C(=O)C(=C(O)c4ccc5c(c4)OCCO5)C3c3ccc(Br)cc3)sc2c1. The molecular formula is C28H21BrN2O5S. The van der Waals surface area contributed by atoms with Crippen LogP contribution in [0.2, 0.25) is 0 Å². The van der Waals surface area contributed by atoms with Crippen molar-refractivity contribution in [2.45, 2.75) is 19.9 Å². The van der Waals surface area contributed by atoms with Gasteiger partial charge in [-0.25, -0.2) is 4.98 Å². The molecule has 1 atom stereocenters. The first kappa shape index (κ1) is 23.7. The Kier molecular flexibility index (Phi) is 5.77. The Morgan fingerprint density at radius 3 is 2.51 bits per heavy atom. The molecule has 186 valence electrons. The van der Waals surface area contributed by atoms with E-state index < -0.39 is 17.7 Å². The van der Waals surface area contributed by atoms with Crippen molar-refractivity contribution >= 4 is 60.1 Å². The maximum Gasteiger partial charge on any atom is 0.301 e. The number of hydrogen-bond acceptors (Lipinski definition) is 7. The molecule has 37 heavy (non-hydrogen) atoms. The molecule has 2 aliphatic heterocycles. The highest BCUT2D eigenvalue weighted by atomic mass is 79.9. The number of thiazole rings is 1. The van der Waals surface area contributed by atoms with E-state index in [1.54, 1.807) is 18.2 Å². The Hall–Kier alpha value is -3.69.